The normalized spacial score (nSPS) is 9.86. The molecular weight excluding hydrogens is 282 g/mol. The molecule has 1 heterocycles. The molecule has 0 aliphatic carbocycles. The predicted octanol–water partition coefficient (Wildman–Crippen LogP) is 3.35. The molecule has 3 nitrogen and oxygen atoms in total. The molecule has 108 valence electrons. The first-order valence-electron chi connectivity index (χ1n) is 6.65. The van der Waals surface area contributed by atoms with Gasteiger partial charge in [-0.05, 0) is 48.6 Å². The van der Waals surface area contributed by atoms with E-state index in [0.717, 1.165) is 22.4 Å². The maximum atomic E-state index is 12.2. The van der Waals surface area contributed by atoms with Gasteiger partial charge in [0, 0.05) is 23.1 Å². The molecule has 0 radical (unpaired) electrons. The molecule has 0 saturated carbocycles. The van der Waals surface area contributed by atoms with Gasteiger partial charge in [0.15, 0.2) is 0 Å². The van der Waals surface area contributed by atoms with Crippen LogP contribution in [0, 0.1) is 25.7 Å². The molecule has 2 rings (SSSR count). The van der Waals surface area contributed by atoms with Crippen LogP contribution in [0.5, 0.6) is 0 Å². The number of carbonyl (C=O) groups is 1. The predicted molar refractivity (Wildman–Crippen MR) is 86.8 cm³/mol. The van der Waals surface area contributed by atoms with Gasteiger partial charge in [0.2, 0.25) is 0 Å². The molecule has 4 heteroatoms. The second-order valence-electron chi connectivity index (χ2n) is 4.79. The number of thiophene rings is 1. The number of aliphatic hydroxyl groups is 1. The Balaban J connectivity index is 2.19. The van der Waals surface area contributed by atoms with Crippen LogP contribution in [0.1, 0.15) is 33.5 Å². The van der Waals surface area contributed by atoms with Crippen molar-refractivity contribution in [3.63, 3.8) is 0 Å². The zero-order valence-electron chi connectivity index (χ0n) is 12.1. The first-order valence-corrected chi connectivity index (χ1v) is 7.60. The van der Waals surface area contributed by atoms with Crippen molar-refractivity contribution in [3.05, 3.63) is 51.2 Å². The molecule has 0 atom stereocenters. The Kier molecular flexibility index (Phi) is 5.15. The minimum atomic E-state index is -0.103. The Morgan fingerprint density at radius 1 is 1.29 bits per heavy atom. The number of hydrogen-bond acceptors (Lipinski definition) is 3. The Bertz CT molecular complexity index is 707. The lowest BCUT2D eigenvalue weighted by atomic mass is 10.1. The second-order valence-corrected chi connectivity index (χ2v) is 5.53. The van der Waals surface area contributed by atoms with E-state index in [1.54, 1.807) is 0 Å². The van der Waals surface area contributed by atoms with E-state index in [0.29, 0.717) is 12.0 Å². The molecule has 1 amide bonds. The van der Waals surface area contributed by atoms with Crippen LogP contribution in [-0.4, -0.2) is 17.6 Å². The summed E-state index contributed by atoms with van der Waals surface area (Å²) in [6.45, 7) is 3.94. The number of benzene rings is 1. The van der Waals surface area contributed by atoms with Crippen molar-refractivity contribution in [2.45, 2.75) is 20.3 Å². The van der Waals surface area contributed by atoms with E-state index < -0.39 is 0 Å². The molecule has 21 heavy (non-hydrogen) atoms. The fraction of sp³-hybridized carbons (Fsp3) is 0.235. The molecule has 0 aliphatic heterocycles. The van der Waals surface area contributed by atoms with E-state index in [1.807, 2.05) is 42.8 Å². The van der Waals surface area contributed by atoms with Gasteiger partial charge in [0.1, 0.15) is 0 Å². The van der Waals surface area contributed by atoms with Gasteiger partial charge in [-0.15, -0.1) is 0 Å². The molecule has 0 unspecified atom stereocenters. The number of rotatable bonds is 3. The van der Waals surface area contributed by atoms with Gasteiger partial charge >= 0.3 is 0 Å². The summed E-state index contributed by atoms with van der Waals surface area (Å²) in [6.07, 6.45) is 0.448. The number of anilines is 1. The summed E-state index contributed by atoms with van der Waals surface area (Å²) in [5, 5.41) is 15.5. The average Bonchev–Trinajstić information content (AvgIpc) is 2.85. The summed E-state index contributed by atoms with van der Waals surface area (Å²) in [7, 11) is 0. The van der Waals surface area contributed by atoms with Gasteiger partial charge in [0.05, 0.1) is 12.2 Å². The van der Waals surface area contributed by atoms with Crippen LogP contribution in [0.2, 0.25) is 0 Å². The highest BCUT2D eigenvalue weighted by molar-refractivity contribution is 7.08. The van der Waals surface area contributed by atoms with Gasteiger partial charge < -0.3 is 10.4 Å². The molecular formula is C17H17NO2S. The highest BCUT2D eigenvalue weighted by atomic mass is 32.1. The highest BCUT2D eigenvalue weighted by Crippen LogP contribution is 2.18. The van der Waals surface area contributed by atoms with E-state index in [9.17, 15) is 4.79 Å². The van der Waals surface area contributed by atoms with E-state index in [4.69, 9.17) is 5.11 Å². The first-order chi connectivity index (χ1) is 10.1. The summed E-state index contributed by atoms with van der Waals surface area (Å²) < 4.78 is 0. The lowest BCUT2D eigenvalue weighted by Crippen LogP contribution is -2.12. The Morgan fingerprint density at radius 2 is 2.10 bits per heavy atom. The first kappa shape index (κ1) is 15.3. The van der Waals surface area contributed by atoms with Crippen LogP contribution in [0.3, 0.4) is 0 Å². The number of amides is 1. The Hall–Kier alpha value is -2.09. The van der Waals surface area contributed by atoms with E-state index in [-0.39, 0.29) is 12.5 Å². The van der Waals surface area contributed by atoms with Gasteiger partial charge in [-0.2, -0.15) is 11.3 Å². The van der Waals surface area contributed by atoms with Crippen molar-refractivity contribution < 1.29 is 9.90 Å². The fourth-order valence-electron chi connectivity index (χ4n) is 1.94. The van der Waals surface area contributed by atoms with Crippen LogP contribution >= 0.6 is 11.3 Å². The monoisotopic (exact) mass is 299 g/mol. The second kappa shape index (κ2) is 7.07. The molecule has 0 spiro atoms. The van der Waals surface area contributed by atoms with Crippen molar-refractivity contribution in [2.75, 3.05) is 11.9 Å². The number of carbonyl (C=O) groups excluding carboxylic acids is 1. The molecule has 0 fully saturated rings. The standard InChI is InChI=1S/C17H17NO2S/c1-12-7-14(5-3-4-6-19)9-15(8-12)18-17(20)16-11-21-10-13(16)2/h7-11,19H,4,6H2,1-2H3,(H,18,20). The van der Waals surface area contributed by atoms with Gasteiger partial charge in [-0.1, -0.05) is 11.8 Å². The lowest BCUT2D eigenvalue weighted by molar-refractivity contribution is 0.102. The third kappa shape index (κ3) is 4.19. The molecule has 1 aromatic carbocycles. The highest BCUT2D eigenvalue weighted by Gasteiger charge is 2.10. The van der Waals surface area contributed by atoms with E-state index >= 15 is 0 Å². The minimum absolute atomic E-state index is 0.0554. The van der Waals surface area contributed by atoms with E-state index in [2.05, 4.69) is 17.2 Å². The fourth-order valence-corrected chi connectivity index (χ4v) is 2.77. The third-order valence-corrected chi connectivity index (χ3v) is 3.77. The van der Waals surface area contributed by atoms with Crippen molar-refractivity contribution in [2.24, 2.45) is 0 Å². The molecule has 0 saturated heterocycles. The number of hydrogen-bond donors (Lipinski definition) is 2. The average molecular weight is 299 g/mol. The topological polar surface area (TPSA) is 49.3 Å². The zero-order valence-corrected chi connectivity index (χ0v) is 12.9. The van der Waals surface area contributed by atoms with Crippen LogP contribution < -0.4 is 5.32 Å². The molecule has 1 aromatic heterocycles. The zero-order chi connectivity index (χ0) is 15.2. The van der Waals surface area contributed by atoms with Gasteiger partial charge in [-0.3, -0.25) is 4.79 Å². The third-order valence-electron chi connectivity index (χ3n) is 2.90. The van der Waals surface area contributed by atoms with E-state index in [1.165, 1.54) is 11.3 Å². The summed E-state index contributed by atoms with van der Waals surface area (Å²) in [4.78, 5) is 12.2. The SMILES string of the molecule is Cc1cc(C#CCCO)cc(NC(=O)c2cscc2C)c1. The van der Waals surface area contributed by atoms with Crippen LogP contribution in [-0.2, 0) is 0 Å². The largest absolute Gasteiger partial charge is 0.395 e. The summed E-state index contributed by atoms with van der Waals surface area (Å²) in [6, 6.07) is 5.71. The smallest absolute Gasteiger partial charge is 0.256 e. The molecule has 2 N–H and O–H groups in total. The minimum Gasteiger partial charge on any atom is -0.395 e. The maximum Gasteiger partial charge on any atom is 0.256 e. The van der Waals surface area contributed by atoms with Crippen molar-refractivity contribution in [3.8, 4) is 11.8 Å². The molecule has 0 bridgehead atoms. The van der Waals surface area contributed by atoms with Crippen LogP contribution in [0.4, 0.5) is 5.69 Å². The summed E-state index contributed by atoms with van der Waals surface area (Å²) >= 11 is 1.52. The maximum absolute atomic E-state index is 12.2. The van der Waals surface area contributed by atoms with Crippen molar-refractivity contribution in [1.29, 1.82) is 0 Å². The van der Waals surface area contributed by atoms with Crippen molar-refractivity contribution in [1.82, 2.24) is 0 Å². The van der Waals surface area contributed by atoms with Gasteiger partial charge in [-0.25, -0.2) is 0 Å². The number of aliphatic hydroxyl groups excluding tert-OH is 1. The Labute approximate surface area is 128 Å². The van der Waals surface area contributed by atoms with Gasteiger partial charge in [0.25, 0.3) is 5.91 Å². The summed E-state index contributed by atoms with van der Waals surface area (Å²) in [5.74, 6) is 5.77. The Morgan fingerprint density at radius 3 is 2.76 bits per heavy atom. The summed E-state index contributed by atoms with van der Waals surface area (Å²) in [5.41, 5.74) is 4.28. The number of aryl methyl sites for hydroxylation is 2. The van der Waals surface area contributed by atoms with Crippen LogP contribution in [0.25, 0.3) is 0 Å². The quantitative estimate of drug-likeness (QED) is 0.854. The lowest BCUT2D eigenvalue weighted by Gasteiger charge is -2.07. The van der Waals surface area contributed by atoms with Crippen LogP contribution in [0.15, 0.2) is 29.0 Å². The molecule has 0 aliphatic rings. The molecule has 2 aromatic rings. The number of nitrogens with one attached hydrogen (secondary N) is 1. The van der Waals surface area contributed by atoms with Crippen molar-refractivity contribution >= 4 is 22.9 Å².